The molecule has 1 aliphatic heterocycles. The van der Waals surface area contributed by atoms with Gasteiger partial charge in [-0.05, 0) is 62.7 Å². The molecule has 0 unspecified atom stereocenters. The van der Waals surface area contributed by atoms with Crippen LogP contribution in [0.3, 0.4) is 0 Å². The van der Waals surface area contributed by atoms with Crippen molar-refractivity contribution >= 4 is 33.0 Å². The number of fused-ring (bicyclic) bond motifs is 1. The maximum Gasteiger partial charge on any atom is 0.262 e. The first-order valence-electron chi connectivity index (χ1n) is 8.79. The van der Waals surface area contributed by atoms with E-state index in [-0.39, 0.29) is 17.4 Å². The first-order valence-corrected chi connectivity index (χ1v) is 10.3. The zero-order valence-electron chi connectivity index (χ0n) is 15.6. The number of amides is 1. The van der Waals surface area contributed by atoms with Crippen LogP contribution in [0.4, 0.5) is 17.1 Å². The molecule has 0 radical (unpaired) electrons. The molecule has 3 rings (SSSR count). The summed E-state index contributed by atoms with van der Waals surface area (Å²) in [4.78, 5) is 13.7. The number of rotatable bonds is 6. The number of nitrogens with one attached hydrogen (secondary N) is 2. The van der Waals surface area contributed by atoms with E-state index in [0.717, 1.165) is 24.3 Å². The molecule has 1 amide bonds. The lowest BCUT2D eigenvalue weighted by Gasteiger charge is -2.22. The summed E-state index contributed by atoms with van der Waals surface area (Å²) in [5.74, 6) is 0.140. The highest BCUT2D eigenvalue weighted by Gasteiger charge is 2.21. The molecule has 0 aliphatic carbocycles. The fraction of sp³-hybridized carbons (Fsp3) is 0.316. The van der Waals surface area contributed by atoms with Crippen molar-refractivity contribution in [3.8, 4) is 5.75 Å². The van der Waals surface area contributed by atoms with Crippen molar-refractivity contribution in [1.82, 2.24) is 0 Å². The van der Waals surface area contributed by atoms with Gasteiger partial charge in [-0.2, -0.15) is 0 Å². The number of nitrogens with zero attached hydrogens (tertiary/aromatic N) is 1. The summed E-state index contributed by atoms with van der Waals surface area (Å²) in [6, 6.07) is 10.0. The smallest absolute Gasteiger partial charge is 0.262 e. The Morgan fingerprint density at radius 1 is 1.15 bits per heavy atom. The van der Waals surface area contributed by atoms with Gasteiger partial charge in [0, 0.05) is 18.8 Å². The lowest BCUT2D eigenvalue weighted by Crippen LogP contribution is -2.25. The number of aryl methyl sites for hydroxylation is 1. The number of carbonyl (C=O) groups is 1. The molecule has 2 N–H and O–H groups in total. The molecule has 0 saturated heterocycles. The second kappa shape index (κ2) is 7.48. The molecule has 0 saturated carbocycles. The van der Waals surface area contributed by atoms with Gasteiger partial charge in [0.1, 0.15) is 5.75 Å². The summed E-state index contributed by atoms with van der Waals surface area (Å²) in [5.41, 5.74) is 2.75. The van der Waals surface area contributed by atoms with Gasteiger partial charge in [0.25, 0.3) is 15.9 Å². The van der Waals surface area contributed by atoms with Crippen molar-refractivity contribution < 1.29 is 17.9 Å². The van der Waals surface area contributed by atoms with E-state index in [1.54, 1.807) is 12.1 Å². The van der Waals surface area contributed by atoms with E-state index in [0.29, 0.717) is 17.1 Å². The van der Waals surface area contributed by atoms with Gasteiger partial charge < -0.3 is 15.0 Å². The second-order valence-corrected chi connectivity index (χ2v) is 7.95. The minimum atomic E-state index is -3.80. The molecule has 0 bridgehead atoms. The fourth-order valence-electron chi connectivity index (χ4n) is 2.98. The highest BCUT2D eigenvalue weighted by molar-refractivity contribution is 7.92. The molecule has 8 heteroatoms. The molecule has 0 fully saturated rings. The number of hydrogen-bond donors (Lipinski definition) is 2. The van der Waals surface area contributed by atoms with Gasteiger partial charge in [-0.1, -0.05) is 0 Å². The summed E-state index contributed by atoms with van der Waals surface area (Å²) in [6.45, 7) is 7.71. The highest BCUT2D eigenvalue weighted by atomic mass is 32.2. The number of benzene rings is 2. The van der Waals surface area contributed by atoms with Crippen LogP contribution in [0.2, 0.25) is 0 Å². The topological polar surface area (TPSA) is 87.7 Å². The minimum absolute atomic E-state index is 0.0549. The minimum Gasteiger partial charge on any atom is -0.482 e. The zero-order chi connectivity index (χ0) is 19.6. The maximum absolute atomic E-state index is 12.8. The normalized spacial score (nSPS) is 13.4. The van der Waals surface area contributed by atoms with Gasteiger partial charge >= 0.3 is 0 Å². The Kier molecular flexibility index (Phi) is 5.27. The lowest BCUT2D eigenvalue weighted by atomic mass is 10.1. The largest absolute Gasteiger partial charge is 0.482 e. The van der Waals surface area contributed by atoms with Crippen molar-refractivity contribution in [3.63, 3.8) is 0 Å². The first-order chi connectivity index (χ1) is 12.8. The van der Waals surface area contributed by atoms with Gasteiger partial charge in [0.05, 0.1) is 16.3 Å². The van der Waals surface area contributed by atoms with Crippen LogP contribution in [-0.4, -0.2) is 34.0 Å². The molecule has 2 aromatic rings. The van der Waals surface area contributed by atoms with Crippen molar-refractivity contribution in [2.45, 2.75) is 25.7 Å². The third-order valence-electron chi connectivity index (χ3n) is 4.48. The Labute approximate surface area is 159 Å². The van der Waals surface area contributed by atoms with Crippen LogP contribution in [0.1, 0.15) is 19.4 Å². The average Bonchev–Trinajstić information content (AvgIpc) is 2.64. The van der Waals surface area contributed by atoms with Crippen LogP contribution in [0.5, 0.6) is 5.75 Å². The summed E-state index contributed by atoms with van der Waals surface area (Å²) in [5, 5.41) is 2.62. The third-order valence-corrected chi connectivity index (χ3v) is 5.84. The monoisotopic (exact) mass is 389 g/mol. The van der Waals surface area contributed by atoms with E-state index >= 15 is 0 Å². The highest BCUT2D eigenvalue weighted by Crippen LogP contribution is 2.31. The van der Waals surface area contributed by atoms with Gasteiger partial charge in [0.15, 0.2) is 6.61 Å². The average molecular weight is 389 g/mol. The SMILES string of the molecule is CCN(CC)c1ccc(NS(=O)(=O)c2ccc3c(c2)NC(=O)CO3)c(C)c1. The predicted molar refractivity (Wildman–Crippen MR) is 106 cm³/mol. The first kappa shape index (κ1) is 19.0. The van der Waals surface area contributed by atoms with Gasteiger partial charge in [-0.3, -0.25) is 9.52 Å². The number of hydrogen-bond acceptors (Lipinski definition) is 5. The molecular weight excluding hydrogens is 366 g/mol. The predicted octanol–water partition coefficient (Wildman–Crippen LogP) is 2.97. The Morgan fingerprint density at radius 3 is 2.56 bits per heavy atom. The van der Waals surface area contributed by atoms with Crippen LogP contribution >= 0.6 is 0 Å². The molecule has 1 heterocycles. The lowest BCUT2D eigenvalue weighted by molar-refractivity contribution is -0.118. The maximum atomic E-state index is 12.8. The number of sulfonamides is 1. The van der Waals surface area contributed by atoms with Crippen molar-refractivity contribution in [1.29, 1.82) is 0 Å². The molecule has 1 aliphatic rings. The zero-order valence-corrected chi connectivity index (χ0v) is 16.4. The summed E-state index contributed by atoms with van der Waals surface area (Å²) in [7, 11) is -3.80. The van der Waals surface area contributed by atoms with Crippen LogP contribution < -0.4 is 19.7 Å². The number of carbonyl (C=O) groups excluding carboxylic acids is 1. The Bertz CT molecular complexity index is 969. The van der Waals surface area contributed by atoms with Crippen molar-refractivity contribution in [2.24, 2.45) is 0 Å². The van der Waals surface area contributed by atoms with Gasteiger partial charge in [-0.25, -0.2) is 8.42 Å². The van der Waals surface area contributed by atoms with Crippen LogP contribution in [0, 0.1) is 6.92 Å². The standard InChI is InChI=1S/C19H23N3O4S/c1-4-22(5-2)14-6-8-16(13(3)10-14)21-27(24,25)15-7-9-18-17(11-15)20-19(23)12-26-18/h6-11,21H,4-5,12H2,1-3H3,(H,20,23). The van der Waals surface area contributed by atoms with Crippen LogP contribution in [0.15, 0.2) is 41.3 Å². The molecule has 144 valence electrons. The van der Waals surface area contributed by atoms with Crippen LogP contribution in [0.25, 0.3) is 0 Å². The molecular formula is C19H23N3O4S. The fourth-order valence-corrected chi connectivity index (χ4v) is 4.14. The van der Waals surface area contributed by atoms with E-state index in [1.165, 1.54) is 12.1 Å². The molecule has 0 aromatic heterocycles. The molecule has 27 heavy (non-hydrogen) atoms. The van der Waals surface area contributed by atoms with Crippen molar-refractivity contribution in [2.75, 3.05) is 34.6 Å². The van der Waals surface area contributed by atoms with E-state index in [4.69, 9.17) is 4.74 Å². The second-order valence-electron chi connectivity index (χ2n) is 6.27. The van der Waals surface area contributed by atoms with Crippen molar-refractivity contribution in [3.05, 3.63) is 42.0 Å². The van der Waals surface area contributed by atoms with Gasteiger partial charge in [-0.15, -0.1) is 0 Å². The van der Waals surface area contributed by atoms with E-state index in [9.17, 15) is 13.2 Å². The summed E-state index contributed by atoms with van der Waals surface area (Å²) >= 11 is 0. The Hall–Kier alpha value is -2.74. The van der Waals surface area contributed by atoms with E-state index in [2.05, 4.69) is 28.8 Å². The number of ether oxygens (including phenoxy) is 1. The Morgan fingerprint density at radius 2 is 1.89 bits per heavy atom. The van der Waals surface area contributed by atoms with E-state index in [1.807, 2.05) is 19.1 Å². The molecule has 2 aromatic carbocycles. The van der Waals surface area contributed by atoms with E-state index < -0.39 is 10.0 Å². The molecule has 0 atom stereocenters. The number of anilines is 3. The quantitative estimate of drug-likeness (QED) is 0.793. The molecule has 0 spiro atoms. The third kappa shape index (κ3) is 4.00. The van der Waals surface area contributed by atoms with Crippen LogP contribution in [-0.2, 0) is 14.8 Å². The summed E-state index contributed by atoms with van der Waals surface area (Å²) in [6.07, 6.45) is 0. The Balaban J connectivity index is 1.87. The molecule has 7 nitrogen and oxygen atoms in total. The summed E-state index contributed by atoms with van der Waals surface area (Å²) < 4.78 is 33.4. The van der Waals surface area contributed by atoms with Gasteiger partial charge in [0.2, 0.25) is 0 Å².